The molecule has 0 unspecified atom stereocenters. The molecule has 0 saturated carbocycles. The van der Waals surface area contributed by atoms with Gasteiger partial charge in [0.1, 0.15) is 5.03 Å². The van der Waals surface area contributed by atoms with Crippen molar-refractivity contribution in [2.45, 2.75) is 5.03 Å². The van der Waals surface area contributed by atoms with E-state index in [-0.39, 0.29) is 12.5 Å². The first-order chi connectivity index (χ1) is 9.99. The smallest absolute Gasteiger partial charge is 0.341 e. The number of hydrogen-bond donors (Lipinski definition) is 1. The zero-order valence-electron chi connectivity index (χ0n) is 12.1. The van der Waals surface area contributed by atoms with Crippen LogP contribution in [0.2, 0.25) is 0 Å². The monoisotopic (exact) mass is 311 g/mol. The molecule has 8 heteroatoms. The highest BCUT2D eigenvalue weighted by atomic mass is 32.2. The van der Waals surface area contributed by atoms with Crippen molar-refractivity contribution < 1.29 is 19.1 Å². The number of likely N-dealkylation sites (N-methyl/N-ethyl adjacent to an activating group) is 2. The third-order valence-electron chi connectivity index (χ3n) is 2.60. The van der Waals surface area contributed by atoms with E-state index < -0.39 is 18.5 Å². The Bertz CT molecular complexity index is 536. The standard InChI is InChI=1S/C13H17N3O4S/c1-14-10(17)7-16(2)11(18)8-20-13(19)9-5-4-6-15-12(9)21-3/h4-6H,7-8H2,1-3H3,(H,14,17). The van der Waals surface area contributed by atoms with E-state index in [9.17, 15) is 14.4 Å². The van der Waals surface area contributed by atoms with Crippen LogP contribution in [0, 0.1) is 0 Å². The molecule has 0 spiro atoms. The minimum Gasteiger partial charge on any atom is -0.452 e. The predicted octanol–water partition coefficient (Wildman–Crippen LogP) is 0.165. The molecule has 2 amide bonds. The molecule has 0 saturated heterocycles. The van der Waals surface area contributed by atoms with Gasteiger partial charge in [-0.3, -0.25) is 9.59 Å². The van der Waals surface area contributed by atoms with E-state index in [1.54, 1.807) is 24.6 Å². The van der Waals surface area contributed by atoms with Crippen molar-refractivity contribution in [3.05, 3.63) is 23.9 Å². The number of aromatic nitrogens is 1. The molecule has 1 aromatic heterocycles. The Kier molecular flexibility index (Phi) is 6.67. The van der Waals surface area contributed by atoms with E-state index in [0.29, 0.717) is 10.6 Å². The van der Waals surface area contributed by atoms with Gasteiger partial charge in [0.05, 0.1) is 12.1 Å². The summed E-state index contributed by atoms with van der Waals surface area (Å²) >= 11 is 1.32. The van der Waals surface area contributed by atoms with Crippen LogP contribution in [0.25, 0.3) is 0 Å². The first-order valence-corrected chi connectivity index (χ1v) is 7.32. The van der Waals surface area contributed by atoms with Crippen LogP contribution >= 0.6 is 11.8 Å². The third kappa shape index (κ3) is 5.07. The van der Waals surface area contributed by atoms with Crippen molar-refractivity contribution in [2.24, 2.45) is 0 Å². The average Bonchev–Trinajstić information content (AvgIpc) is 2.51. The number of carbonyl (C=O) groups excluding carboxylic acids is 3. The summed E-state index contributed by atoms with van der Waals surface area (Å²) in [4.78, 5) is 40.0. The molecule has 1 N–H and O–H groups in total. The summed E-state index contributed by atoms with van der Waals surface area (Å²) in [5.41, 5.74) is 0.312. The van der Waals surface area contributed by atoms with Gasteiger partial charge >= 0.3 is 5.97 Å². The van der Waals surface area contributed by atoms with Gasteiger partial charge in [0, 0.05) is 20.3 Å². The second-order valence-corrected chi connectivity index (χ2v) is 4.85. The largest absolute Gasteiger partial charge is 0.452 e. The molecule has 114 valence electrons. The molecule has 0 atom stereocenters. The number of carbonyl (C=O) groups is 3. The summed E-state index contributed by atoms with van der Waals surface area (Å²) in [5, 5.41) is 2.94. The third-order valence-corrected chi connectivity index (χ3v) is 3.31. The van der Waals surface area contributed by atoms with Gasteiger partial charge < -0.3 is 15.0 Å². The number of thioether (sulfide) groups is 1. The number of pyridine rings is 1. The molecular weight excluding hydrogens is 294 g/mol. The molecule has 0 radical (unpaired) electrons. The van der Waals surface area contributed by atoms with Crippen molar-refractivity contribution in [3.63, 3.8) is 0 Å². The van der Waals surface area contributed by atoms with Crippen LogP contribution in [-0.2, 0) is 14.3 Å². The zero-order valence-corrected chi connectivity index (χ0v) is 12.9. The maximum absolute atomic E-state index is 11.9. The second kappa shape index (κ2) is 8.25. The molecule has 1 rings (SSSR count). The molecule has 0 aliphatic heterocycles. The lowest BCUT2D eigenvalue weighted by Crippen LogP contribution is -2.39. The number of ether oxygens (including phenoxy) is 1. The number of nitrogens with zero attached hydrogens (tertiary/aromatic N) is 2. The van der Waals surface area contributed by atoms with E-state index in [1.807, 2.05) is 0 Å². The summed E-state index contributed by atoms with van der Waals surface area (Å²) < 4.78 is 4.95. The van der Waals surface area contributed by atoms with Gasteiger partial charge in [-0.2, -0.15) is 0 Å². The first-order valence-electron chi connectivity index (χ1n) is 6.10. The van der Waals surface area contributed by atoms with Gasteiger partial charge in [0.25, 0.3) is 5.91 Å². The average molecular weight is 311 g/mol. The highest BCUT2D eigenvalue weighted by molar-refractivity contribution is 7.98. The van der Waals surface area contributed by atoms with Crippen LogP contribution in [0.5, 0.6) is 0 Å². The molecule has 0 bridgehead atoms. The molecular formula is C13H17N3O4S. The van der Waals surface area contributed by atoms with Gasteiger partial charge in [0.15, 0.2) is 6.61 Å². The second-order valence-electron chi connectivity index (χ2n) is 4.06. The molecule has 0 aliphatic rings. The lowest BCUT2D eigenvalue weighted by molar-refractivity contribution is -0.137. The topological polar surface area (TPSA) is 88.6 Å². The van der Waals surface area contributed by atoms with Crippen LogP contribution in [0.3, 0.4) is 0 Å². The maximum Gasteiger partial charge on any atom is 0.341 e. The highest BCUT2D eigenvalue weighted by Gasteiger charge is 2.17. The first kappa shape index (κ1) is 17.0. The zero-order chi connectivity index (χ0) is 15.8. The van der Waals surface area contributed by atoms with Gasteiger partial charge in [-0.15, -0.1) is 11.8 Å². The molecule has 0 fully saturated rings. The quantitative estimate of drug-likeness (QED) is 0.595. The Morgan fingerprint density at radius 3 is 2.76 bits per heavy atom. The van der Waals surface area contributed by atoms with E-state index >= 15 is 0 Å². The van der Waals surface area contributed by atoms with Crippen LogP contribution in [-0.4, -0.2) is 61.2 Å². The summed E-state index contributed by atoms with van der Waals surface area (Å²) in [6.45, 7) is -0.509. The van der Waals surface area contributed by atoms with Crippen LogP contribution in [0.1, 0.15) is 10.4 Å². The number of hydrogen-bond acceptors (Lipinski definition) is 6. The van der Waals surface area contributed by atoms with E-state index in [2.05, 4.69) is 10.3 Å². The number of nitrogens with one attached hydrogen (secondary N) is 1. The lowest BCUT2D eigenvalue weighted by Gasteiger charge is -2.16. The van der Waals surface area contributed by atoms with Gasteiger partial charge in [-0.05, 0) is 18.4 Å². The van der Waals surface area contributed by atoms with Crippen molar-refractivity contribution in [3.8, 4) is 0 Å². The van der Waals surface area contributed by atoms with Crippen molar-refractivity contribution in [1.82, 2.24) is 15.2 Å². The van der Waals surface area contributed by atoms with Gasteiger partial charge in [-0.25, -0.2) is 9.78 Å². The Morgan fingerprint density at radius 1 is 1.43 bits per heavy atom. The molecule has 7 nitrogen and oxygen atoms in total. The highest BCUT2D eigenvalue weighted by Crippen LogP contribution is 2.17. The van der Waals surface area contributed by atoms with Crippen molar-refractivity contribution in [1.29, 1.82) is 0 Å². The summed E-state index contributed by atoms with van der Waals surface area (Å²) in [7, 11) is 2.94. The van der Waals surface area contributed by atoms with Crippen LogP contribution in [0.4, 0.5) is 0 Å². The lowest BCUT2D eigenvalue weighted by atomic mass is 10.3. The fourth-order valence-electron chi connectivity index (χ4n) is 1.41. The van der Waals surface area contributed by atoms with Crippen molar-refractivity contribution >= 4 is 29.5 Å². The number of esters is 1. The number of rotatable bonds is 6. The van der Waals surface area contributed by atoms with Crippen molar-refractivity contribution in [2.75, 3.05) is 33.5 Å². The van der Waals surface area contributed by atoms with E-state index in [4.69, 9.17) is 4.74 Å². The van der Waals surface area contributed by atoms with Crippen LogP contribution < -0.4 is 5.32 Å². The molecule has 0 aliphatic carbocycles. The molecule has 21 heavy (non-hydrogen) atoms. The molecule has 1 heterocycles. The van der Waals surface area contributed by atoms with Gasteiger partial charge in [0.2, 0.25) is 5.91 Å². The SMILES string of the molecule is CNC(=O)CN(C)C(=O)COC(=O)c1cccnc1SC. The van der Waals surface area contributed by atoms with E-state index in [1.165, 1.54) is 30.8 Å². The fraction of sp³-hybridized carbons (Fsp3) is 0.385. The minimum atomic E-state index is -0.617. The Morgan fingerprint density at radius 2 is 2.14 bits per heavy atom. The molecule has 1 aromatic rings. The summed E-state index contributed by atoms with van der Waals surface area (Å²) in [5.74, 6) is -1.37. The summed E-state index contributed by atoms with van der Waals surface area (Å²) in [6.07, 6.45) is 3.37. The molecule has 0 aromatic carbocycles. The van der Waals surface area contributed by atoms with Gasteiger partial charge in [-0.1, -0.05) is 0 Å². The van der Waals surface area contributed by atoms with E-state index in [0.717, 1.165) is 0 Å². The van der Waals surface area contributed by atoms with Crippen LogP contribution in [0.15, 0.2) is 23.4 Å². The Balaban J connectivity index is 2.56. The number of amides is 2. The maximum atomic E-state index is 11.9. The fourth-order valence-corrected chi connectivity index (χ4v) is 1.94. The summed E-state index contributed by atoms with van der Waals surface area (Å²) in [6, 6.07) is 3.20. The Labute approximate surface area is 127 Å². The predicted molar refractivity (Wildman–Crippen MR) is 78.0 cm³/mol. The minimum absolute atomic E-state index is 0.0875. The normalized spacial score (nSPS) is 9.86. The Hall–Kier alpha value is -2.09.